The molecule has 0 bridgehead atoms. The van der Waals surface area contributed by atoms with Gasteiger partial charge in [0, 0.05) is 16.9 Å². The smallest absolute Gasteiger partial charge is 0.279 e. The largest absolute Gasteiger partial charge is 0.295 e. The Morgan fingerprint density at radius 3 is 2.19 bits per heavy atom. The Morgan fingerprint density at radius 2 is 1.59 bits per heavy atom. The van der Waals surface area contributed by atoms with Crippen molar-refractivity contribution in [3.63, 3.8) is 0 Å². The predicted octanol–water partition coefficient (Wildman–Crippen LogP) is 5.07. The molecule has 27 heavy (non-hydrogen) atoms. The zero-order valence-corrected chi connectivity index (χ0v) is 16.5. The molecule has 1 aromatic heterocycles. The average molecular weight is 359 g/mol. The summed E-state index contributed by atoms with van der Waals surface area (Å²) in [5, 5.41) is 7.28. The predicted molar refractivity (Wildman–Crippen MR) is 108 cm³/mol. The van der Waals surface area contributed by atoms with Crippen molar-refractivity contribution in [2.45, 2.75) is 46.1 Å². The Bertz CT molecular complexity index is 992. The van der Waals surface area contributed by atoms with E-state index in [2.05, 4.69) is 55.2 Å². The van der Waals surface area contributed by atoms with Crippen LogP contribution in [0.15, 0.2) is 48.5 Å². The molecule has 0 saturated heterocycles. The highest BCUT2D eigenvalue weighted by Gasteiger charge is 2.42. The monoisotopic (exact) mass is 359 g/mol. The first-order chi connectivity index (χ1) is 12.8. The van der Waals surface area contributed by atoms with Gasteiger partial charge >= 0.3 is 0 Å². The molecule has 4 rings (SSSR count). The van der Waals surface area contributed by atoms with Crippen molar-refractivity contribution < 1.29 is 4.79 Å². The SMILES string of the molecule is Cc1ccc(N2C(=O)c3n[nH]c(C)c3[C@@H]2c2ccc(C(C)(C)C)cc2)cc1. The second-order valence-corrected chi connectivity index (χ2v) is 8.40. The third-order valence-electron chi connectivity index (χ3n) is 5.35. The lowest BCUT2D eigenvalue weighted by atomic mass is 9.86. The molecule has 0 saturated carbocycles. The summed E-state index contributed by atoms with van der Waals surface area (Å²) >= 11 is 0. The fourth-order valence-corrected chi connectivity index (χ4v) is 3.75. The summed E-state index contributed by atoms with van der Waals surface area (Å²) in [4.78, 5) is 15.0. The van der Waals surface area contributed by atoms with E-state index in [0.717, 1.165) is 22.5 Å². The molecular weight excluding hydrogens is 334 g/mol. The van der Waals surface area contributed by atoms with E-state index in [1.165, 1.54) is 11.1 Å². The van der Waals surface area contributed by atoms with Gasteiger partial charge in [-0.2, -0.15) is 5.10 Å². The molecule has 0 fully saturated rings. The Balaban J connectivity index is 1.84. The summed E-state index contributed by atoms with van der Waals surface area (Å²) in [6.07, 6.45) is 0. The Morgan fingerprint density at radius 1 is 0.963 bits per heavy atom. The van der Waals surface area contributed by atoms with Crippen molar-refractivity contribution in [3.8, 4) is 0 Å². The summed E-state index contributed by atoms with van der Waals surface area (Å²) < 4.78 is 0. The van der Waals surface area contributed by atoms with E-state index in [1.54, 1.807) is 0 Å². The van der Waals surface area contributed by atoms with Crippen LogP contribution in [0.4, 0.5) is 5.69 Å². The second kappa shape index (κ2) is 6.08. The van der Waals surface area contributed by atoms with Crippen molar-refractivity contribution >= 4 is 11.6 Å². The van der Waals surface area contributed by atoms with Crippen LogP contribution in [-0.2, 0) is 5.41 Å². The molecule has 0 unspecified atom stereocenters. The molecule has 1 N–H and O–H groups in total. The Hall–Kier alpha value is -2.88. The number of nitrogens with zero attached hydrogens (tertiary/aromatic N) is 2. The quantitative estimate of drug-likeness (QED) is 0.694. The number of H-pyrrole nitrogens is 1. The molecule has 1 amide bonds. The zero-order valence-electron chi connectivity index (χ0n) is 16.5. The minimum Gasteiger partial charge on any atom is -0.295 e. The molecule has 4 nitrogen and oxygen atoms in total. The molecule has 0 aliphatic carbocycles. The van der Waals surface area contributed by atoms with Crippen LogP contribution in [-0.4, -0.2) is 16.1 Å². The lowest BCUT2D eigenvalue weighted by molar-refractivity contribution is 0.0988. The maximum absolute atomic E-state index is 13.1. The molecule has 1 atom stereocenters. The topological polar surface area (TPSA) is 49.0 Å². The van der Waals surface area contributed by atoms with Gasteiger partial charge in [0.1, 0.15) is 0 Å². The van der Waals surface area contributed by atoms with Crippen LogP contribution in [0.1, 0.15) is 65.2 Å². The average Bonchev–Trinajstić information content (AvgIpc) is 3.14. The van der Waals surface area contributed by atoms with E-state index in [4.69, 9.17) is 0 Å². The number of carbonyl (C=O) groups excluding carboxylic acids is 1. The van der Waals surface area contributed by atoms with E-state index in [-0.39, 0.29) is 17.4 Å². The molecule has 1 aliphatic rings. The minimum absolute atomic E-state index is 0.0527. The molecule has 1 aliphatic heterocycles. The maximum Gasteiger partial charge on any atom is 0.279 e. The van der Waals surface area contributed by atoms with Crippen LogP contribution in [0, 0.1) is 13.8 Å². The molecule has 2 aromatic carbocycles. The van der Waals surface area contributed by atoms with Gasteiger partial charge in [-0.15, -0.1) is 0 Å². The highest BCUT2D eigenvalue weighted by atomic mass is 16.2. The first kappa shape index (κ1) is 17.5. The number of benzene rings is 2. The van der Waals surface area contributed by atoms with E-state index in [1.807, 2.05) is 43.0 Å². The Kier molecular flexibility index (Phi) is 3.95. The van der Waals surface area contributed by atoms with E-state index < -0.39 is 0 Å². The van der Waals surface area contributed by atoms with Crippen molar-refractivity contribution in [3.05, 3.63) is 82.2 Å². The van der Waals surface area contributed by atoms with Gasteiger partial charge in [-0.3, -0.25) is 14.8 Å². The molecule has 0 radical (unpaired) electrons. The number of hydrogen-bond donors (Lipinski definition) is 1. The standard InChI is InChI=1S/C23H25N3O/c1-14-6-12-18(13-7-14)26-21(19-15(2)24-25-20(19)22(26)27)16-8-10-17(11-9-16)23(3,4)5/h6-13,21H,1-5H3,(H,24,25)/t21-/m0/s1. The molecule has 4 heteroatoms. The molecule has 2 heterocycles. The summed E-state index contributed by atoms with van der Waals surface area (Å²) in [6.45, 7) is 10.6. The number of nitrogens with one attached hydrogen (secondary N) is 1. The van der Waals surface area contributed by atoms with Crippen molar-refractivity contribution in [2.75, 3.05) is 4.90 Å². The number of rotatable bonds is 2. The third kappa shape index (κ3) is 2.85. The third-order valence-corrected chi connectivity index (χ3v) is 5.35. The lowest BCUT2D eigenvalue weighted by Gasteiger charge is -2.27. The van der Waals surface area contributed by atoms with Crippen LogP contribution < -0.4 is 4.90 Å². The molecule has 3 aromatic rings. The van der Waals surface area contributed by atoms with Gasteiger partial charge in [0.05, 0.1) is 6.04 Å². The number of fused-ring (bicyclic) bond motifs is 1. The van der Waals surface area contributed by atoms with Crippen LogP contribution in [0.3, 0.4) is 0 Å². The van der Waals surface area contributed by atoms with Crippen LogP contribution in [0.25, 0.3) is 0 Å². The van der Waals surface area contributed by atoms with E-state index in [9.17, 15) is 4.79 Å². The molecule has 138 valence electrons. The number of amides is 1. The van der Waals surface area contributed by atoms with Gasteiger partial charge < -0.3 is 0 Å². The number of hydrogen-bond acceptors (Lipinski definition) is 2. The zero-order chi connectivity index (χ0) is 19.3. The first-order valence-electron chi connectivity index (χ1n) is 9.33. The molecule has 0 spiro atoms. The summed E-state index contributed by atoms with van der Waals surface area (Å²) in [5.41, 5.74) is 6.98. The minimum atomic E-state index is -0.164. The fraction of sp³-hybridized carbons (Fsp3) is 0.304. The van der Waals surface area contributed by atoms with Gasteiger partial charge in [0.15, 0.2) is 5.69 Å². The van der Waals surface area contributed by atoms with Gasteiger partial charge in [-0.05, 0) is 42.5 Å². The number of anilines is 1. The van der Waals surface area contributed by atoms with Gasteiger partial charge in [-0.1, -0.05) is 62.7 Å². The van der Waals surface area contributed by atoms with E-state index in [0.29, 0.717) is 5.69 Å². The second-order valence-electron chi connectivity index (χ2n) is 8.40. The first-order valence-corrected chi connectivity index (χ1v) is 9.33. The molecular formula is C23H25N3O. The Labute approximate surface area is 160 Å². The summed E-state index contributed by atoms with van der Waals surface area (Å²) in [5.74, 6) is -0.0527. The van der Waals surface area contributed by atoms with Gasteiger partial charge in [-0.25, -0.2) is 0 Å². The van der Waals surface area contributed by atoms with Crippen LogP contribution in [0.2, 0.25) is 0 Å². The highest BCUT2D eigenvalue weighted by Crippen LogP contribution is 2.42. The fourth-order valence-electron chi connectivity index (χ4n) is 3.75. The van der Waals surface area contributed by atoms with Gasteiger partial charge in [0.25, 0.3) is 5.91 Å². The van der Waals surface area contributed by atoms with Crippen molar-refractivity contribution in [1.29, 1.82) is 0 Å². The maximum atomic E-state index is 13.1. The lowest BCUT2D eigenvalue weighted by Crippen LogP contribution is -2.29. The van der Waals surface area contributed by atoms with Crippen molar-refractivity contribution in [1.82, 2.24) is 10.2 Å². The van der Waals surface area contributed by atoms with Gasteiger partial charge in [0.2, 0.25) is 0 Å². The summed E-state index contributed by atoms with van der Waals surface area (Å²) in [6, 6.07) is 16.5. The summed E-state index contributed by atoms with van der Waals surface area (Å²) in [7, 11) is 0. The number of carbonyl (C=O) groups is 1. The number of aromatic amines is 1. The number of aryl methyl sites for hydroxylation is 2. The normalized spacial score (nSPS) is 16.7. The van der Waals surface area contributed by atoms with Crippen LogP contribution >= 0.6 is 0 Å². The van der Waals surface area contributed by atoms with E-state index >= 15 is 0 Å². The highest BCUT2D eigenvalue weighted by molar-refractivity contribution is 6.10. The van der Waals surface area contributed by atoms with Crippen LogP contribution in [0.5, 0.6) is 0 Å². The number of aromatic nitrogens is 2. The van der Waals surface area contributed by atoms with Crippen molar-refractivity contribution in [2.24, 2.45) is 0 Å².